The van der Waals surface area contributed by atoms with E-state index >= 15 is 0 Å². The molecule has 0 heterocycles. The van der Waals surface area contributed by atoms with E-state index in [9.17, 15) is 4.79 Å². The molecule has 0 aromatic rings. The summed E-state index contributed by atoms with van der Waals surface area (Å²) in [4.78, 5) is 11.5. The van der Waals surface area contributed by atoms with E-state index in [4.69, 9.17) is 10.2 Å². The summed E-state index contributed by atoms with van der Waals surface area (Å²) in [6, 6.07) is 0. The number of hydrogen-bond acceptors (Lipinski definition) is 4. The van der Waals surface area contributed by atoms with Crippen molar-refractivity contribution in [1.29, 1.82) is 0 Å². The molecular formula is C6H12NO3. The Morgan fingerprint density at radius 2 is 1.70 bits per heavy atom. The zero-order chi connectivity index (χ0) is 7.82. The van der Waals surface area contributed by atoms with Gasteiger partial charge >= 0.3 is 0 Å². The van der Waals surface area contributed by atoms with Crippen LogP contribution in [-0.4, -0.2) is 47.7 Å². The Balaban J connectivity index is 3.38. The Kier molecular flexibility index (Phi) is 6.37. The van der Waals surface area contributed by atoms with Gasteiger partial charge in [-0.05, 0) is 0 Å². The summed E-state index contributed by atoms with van der Waals surface area (Å²) >= 11 is 0. The molecule has 0 unspecified atom stereocenters. The highest BCUT2D eigenvalue weighted by molar-refractivity contribution is 5.59. The van der Waals surface area contributed by atoms with Crippen LogP contribution in [0.5, 0.6) is 0 Å². The molecule has 0 aliphatic heterocycles. The van der Waals surface area contributed by atoms with E-state index in [1.54, 1.807) is 4.90 Å². The summed E-state index contributed by atoms with van der Waals surface area (Å²) in [7, 11) is 0. The van der Waals surface area contributed by atoms with Gasteiger partial charge in [0.2, 0.25) is 0 Å². The Morgan fingerprint density at radius 1 is 1.20 bits per heavy atom. The average Bonchev–Trinajstić information content (AvgIpc) is 1.90. The molecule has 0 aliphatic carbocycles. The first-order valence-corrected chi connectivity index (χ1v) is 3.09. The lowest BCUT2D eigenvalue weighted by Crippen LogP contribution is -2.27. The van der Waals surface area contributed by atoms with Crippen molar-refractivity contribution in [2.45, 2.75) is 0 Å². The van der Waals surface area contributed by atoms with Crippen LogP contribution in [0.3, 0.4) is 0 Å². The zero-order valence-corrected chi connectivity index (χ0v) is 5.73. The highest BCUT2D eigenvalue weighted by Crippen LogP contribution is 1.87. The third kappa shape index (κ3) is 4.43. The van der Waals surface area contributed by atoms with E-state index in [0.717, 1.165) is 0 Å². The topological polar surface area (TPSA) is 60.8 Å². The van der Waals surface area contributed by atoms with Gasteiger partial charge in [-0.3, -0.25) is 4.90 Å². The summed E-state index contributed by atoms with van der Waals surface area (Å²) in [5, 5.41) is 16.9. The van der Waals surface area contributed by atoms with E-state index in [-0.39, 0.29) is 13.2 Å². The molecule has 0 saturated heterocycles. The molecule has 59 valence electrons. The van der Waals surface area contributed by atoms with Gasteiger partial charge in [-0.15, -0.1) is 0 Å². The second-order valence-corrected chi connectivity index (χ2v) is 1.77. The van der Waals surface area contributed by atoms with Crippen LogP contribution < -0.4 is 0 Å². The minimum absolute atomic E-state index is 0.00958. The number of aldehydes is 1. The molecule has 0 amide bonds. The van der Waals surface area contributed by atoms with Gasteiger partial charge in [0, 0.05) is 13.1 Å². The maximum absolute atomic E-state index is 9.90. The van der Waals surface area contributed by atoms with Crippen LogP contribution in [0.15, 0.2) is 0 Å². The molecule has 10 heavy (non-hydrogen) atoms. The van der Waals surface area contributed by atoms with E-state index in [1.165, 1.54) is 6.54 Å². The second kappa shape index (κ2) is 6.67. The average molecular weight is 146 g/mol. The van der Waals surface area contributed by atoms with E-state index in [1.807, 2.05) is 0 Å². The summed E-state index contributed by atoms with van der Waals surface area (Å²) in [5.74, 6) is 0. The number of carbonyl (C=O) groups is 1. The Morgan fingerprint density at radius 3 is 2.00 bits per heavy atom. The fourth-order valence-electron chi connectivity index (χ4n) is 0.604. The predicted octanol–water partition coefficient (Wildman–Crippen LogP) is -1.37. The van der Waals surface area contributed by atoms with Gasteiger partial charge in [-0.2, -0.15) is 0 Å². The third-order valence-corrected chi connectivity index (χ3v) is 1.05. The summed E-state index contributed by atoms with van der Waals surface area (Å²) in [6.45, 7) is 2.06. The molecule has 0 aromatic carbocycles. The SMILES string of the molecule is O=C[CH]N(CCO)CCO. The molecule has 0 fully saturated rings. The fraction of sp³-hybridized carbons (Fsp3) is 0.667. The zero-order valence-electron chi connectivity index (χ0n) is 5.73. The number of hydrogen-bond donors (Lipinski definition) is 2. The minimum Gasteiger partial charge on any atom is -0.395 e. The van der Waals surface area contributed by atoms with Crippen molar-refractivity contribution in [1.82, 2.24) is 4.90 Å². The second-order valence-electron chi connectivity index (χ2n) is 1.77. The van der Waals surface area contributed by atoms with Gasteiger partial charge in [0.05, 0.1) is 19.8 Å². The highest BCUT2D eigenvalue weighted by Gasteiger charge is 2.00. The van der Waals surface area contributed by atoms with E-state index in [2.05, 4.69) is 0 Å². The Bertz CT molecular complexity index is 81.1. The lowest BCUT2D eigenvalue weighted by atomic mass is 10.5. The first-order chi connectivity index (χ1) is 4.85. The molecule has 2 N–H and O–H groups in total. The van der Waals surface area contributed by atoms with Crippen molar-refractivity contribution in [2.24, 2.45) is 0 Å². The molecule has 0 spiro atoms. The van der Waals surface area contributed by atoms with Crippen molar-refractivity contribution >= 4 is 6.29 Å². The largest absolute Gasteiger partial charge is 0.395 e. The normalized spacial score (nSPS) is 10.3. The van der Waals surface area contributed by atoms with Gasteiger partial charge in [0.1, 0.15) is 6.29 Å². The smallest absolute Gasteiger partial charge is 0.139 e. The van der Waals surface area contributed by atoms with Crippen molar-refractivity contribution in [3.8, 4) is 0 Å². The van der Waals surface area contributed by atoms with Crippen molar-refractivity contribution < 1.29 is 15.0 Å². The van der Waals surface area contributed by atoms with Crippen LogP contribution in [0.1, 0.15) is 0 Å². The fourth-order valence-corrected chi connectivity index (χ4v) is 0.604. The van der Waals surface area contributed by atoms with Crippen LogP contribution in [0.4, 0.5) is 0 Å². The molecular weight excluding hydrogens is 134 g/mol. The molecule has 0 bridgehead atoms. The molecule has 0 atom stereocenters. The minimum atomic E-state index is -0.00958. The Labute approximate surface area is 60.1 Å². The maximum atomic E-state index is 9.90. The number of carbonyl (C=O) groups excluding carboxylic acids is 1. The quantitative estimate of drug-likeness (QED) is 0.454. The van der Waals surface area contributed by atoms with Crippen LogP contribution in [-0.2, 0) is 4.79 Å². The summed E-state index contributed by atoms with van der Waals surface area (Å²) in [5.41, 5.74) is 0. The Hall–Kier alpha value is -0.450. The van der Waals surface area contributed by atoms with Crippen LogP contribution >= 0.6 is 0 Å². The van der Waals surface area contributed by atoms with Gasteiger partial charge < -0.3 is 15.0 Å². The number of rotatable bonds is 6. The number of aliphatic hydroxyl groups excluding tert-OH is 2. The lowest BCUT2D eigenvalue weighted by molar-refractivity contribution is -0.106. The van der Waals surface area contributed by atoms with Crippen molar-refractivity contribution in [3.63, 3.8) is 0 Å². The molecule has 0 rings (SSSR count). The predicted molar refractivity (Wildman–Crippen MR) is 36.1 cm³/mol. The standard InChI is InChI=1S/C6H12NO3/c8-4-1-7(2-5-9)3-6-10/h1,4,9-10H,2-3,5-6H2. The van der Waals surface area contributed by atoms with Crippen LogP contribution in [0.2, 0.25) is 0 Å². The first kappa shape index (κ1) is 9.55. The molecule has 1 radical (unpaired) electrons. The van der Waals surface area contributed by atoms with E-state index < -0.39 is 0 Å². The van der Waals surface area contributed by atoms with Gasteiger partial charge in [0.15, 0.2) is 0 Å². The molecule has 0 saturated carbocycles. The molecule has 0 aliphatic rings. The summed E-state index contributed by atoms with van der Waals surface area (Å²) in [6.07, 6.45) is 0.630. The highest BCUT2D eigenvalue weighted by atomic mass is 16.3. The van der Waals surface area contributed by atoms with Crippen molar-refractivity contribution in [2.75, 3.05) is 26.3 Å². The van der Waals surface area contributed by atoms with Crippen molar-refractivity contribution in [3.05, 3.63) is 6.54 Å². The molecule has 4 heteroatoms. The van der Waals surface area contributed by atoms with Crippen LogP contribution in [0.25, 0.3) is 0 Å². The van der Waals surface area contributed by atoms with Gasteiger partial charge in [-0.1, -0.05) is 0 Å². The summed E-state index contributed by atoms with van der Waals surface area (Å²) < 4.78 is 0. The van der Waals surface area contributed by atoms with Crippen LogP contribution in [0, 0.1) is 6.54 Å². The maximum Gasteiger partial charge on any atom is 0.139 e. The monoisotopic (exact) mass is 146 g/mol. The van der Waals surface area contributed by atoms with Gasteiger partial charge in [0.25, 0.3) is 0 Å². The number of aliphatic hydroxyl groups is 2. The van der Waals surface area contributed by atoms with Gasteiger partial charge in [-0.25, -0.2) is 0 Å². The third-order valence-electron chi connectivity index (χ3n) is 1.05. The first-order valence-electron chi connectivity index (χ1n) is 3.09. The molecule has 4 nitrogen and oxygen atoms in total. The number of nitrogens with zero attached hydrogens (tertiary/aromatic N) is 1. The molecule has 0 aromatic heterocycles. The lowest BCUT2D eigenvalue weighted by Gasteiger charge is -2.15. The van der Waals surface area contributed by atoms with E-state index in [0.29, 0.717) is 19.4 Å².